The Morgan fingerprint density at radius 3 is 2.27 bits per heavy atom. The number of sulfonamides is 1. The molecule has 0 saturated carbocycles. The van der Waals surface area contributed by atoms with Crippen LogP contribution in [0, 0.1) is 0 Å². The molecule has 1 N–H and O–H groups in total. The number of carbonyl (C=O) groups excluding carboxylic acids is 1. The van der Waals surface area contributed by atoms with Gasteiger partial charge in [0, 0.05) is 5.69 Å². The number of carbonyl (C=O) groups is 1. The van der Waals surface area contributed by atoms with Crippen molar-refractivity contribution >= 4 is 38.9 Å². The van der Waals surface area contributed by atoms with Gasteiger partial charge in [0.15, 0.2) is 0 Å². The van der Waals surface area contributed by atoms with Gasteiger partial charge in [-0.15, -0.1) is 0 Å². The summed E-state index contributed by atoms with van der Waals surface area (Å²) in [5, 5.41) is 2.91. The van der Waals surface area contributed by atoms with Crippen LogP contribution >= 0.6 is 11.6 Å². The molecule has 0 fully saturated rings. The van der Waals surface area contributed by atoms with E-state index in [0.717, 1.165) is 10.6 Å². The first-order chi connectivity index (χ1) is 10.4. The molecule has 2 aromatic carbocycles. The van der Waals surface area contributed by atoms with Gasteiger partial charge in [-0.1, -0.05) is 41.9 Å². The number of anilines is 2. The van der Waals surface area contributed by atoms with Crippen LogP contribution in [0.15, 0.2) is 54.6 Å². The van der Waals surface area contributed by atoms with Crippen LogP contribution in [0.5, 0.6) is 0 Å². The molecule has 0 aliphatic carbocycles. The molecule has 7 heteroatoms. The molecule has 2 aromatic rings. The molecule has 22 heavy (non-hydrogen) atoms. The molecule has 0 heterocycles. The minimum Gasteiger partial charge on any atom is -0.325 e. The van der Waals surface area contributed by atoms with Crippen LogP contribution < -0.4 is 9.62 Å². The smallest absolute Gasteiger partial charge is 0.245 e. The van der Waals surface area contributed by atoms with Crippen molar-refractivity contribution in [1.82, 2.24) is 0 Å². The molecule has 0 aromatic heterocycles. The topological polar surface area (TPSA) is 66.5 Å². The van der Waals surface area contributed by atoms with Gasteiger partial charge in [0.2, 0.25) is 15.9 Å². The van der Waals surface area contributed by atoms with E-state index in [9.17, 15) is 13.2 Å². The fourth-order valence-electron chi connectivity index (χ4n) is 1.89. The van der Waals surface area contributed by atoms with Gasteiger partial charge in [-0.25, -0.2) is 8.42 Å². The van der Waals surface area contributed by atoms with E-state index in [1.165, 1.54) is 0 Å². The van der Waals surface area contributed by atoms with Crippen molar-refractivity contribution in [2.75, 3.05) is 22.4 Å². The van der Waals surface area contributed by atoms with Crippen LogP contribution in [0.25, 0.3) is 0 Å². The molecule has 2 rings (SSSR count). The Morgan fingerprint density at radius 1 is 1.09 bits per heavy atom. The third-order valence-electron chi connectivity index (χ3n) is 2.87. The van der Waals surface area contributed by atoms with Crippen molar-refractivity contribution in [3.8, 4) is 0 Å². The fraction of sp³-hybridized carbons (Fsp3) is 0.133. The first kappa shape index (κ1) is 16.3. The SMILES string of the molecule is CS(=O)(=O)N(CC(=O)Nc1ccccc1)c1ccccc1Cl. The van der Waals surface area contributed by atoms with Crippen LogP contribution in [-0.4, -0.2) is 27.1 Å². The summed E-state index contributed by atoms with van der Waals surface area (Å²) in [4.78, 5) is 12.1. The van der Waals surface area contributed by atoms with Crippen LogP contribution in [0.4, 0.5) is 11.4 Å². The van der Waals surface area contributed by atoms with E-state index in [1.807, 2.05) is 6.07 Å². The van der Waals surface area contributed by atoms with Crippen molar-refractivity contribution in [3.63, 3.8) is 0 Å². The van der Waals surface area contributed by atoms with Crippen molar-refractivity contribution in [2.45, 2.75) is 0 Å². The number of halogens is 1. The van der Waals surface area contributed by atoms with Crippen LogP contribution in [0.3, 0.4) is 0 Å². The Hall–Kier alpha value is -2.05. The van der Waals surface area contributed by atoms with Crippen molar-refractivity contribution in [2.24, 2.45) is 0 Å². The highest BCUT2D eigenvalue weighted by molar-refractivity contribution is 7.92. The highest BCUT2D eigenvalue weighted by Gasteiger charge is 2.22. The summed E-state index contributed by atoms with van der Waals surface area (Å²) in [6, 6.07) is 15.3. The second-order valence-corrected chi connectivity index (χ2v) is 6.95. The molecular formula is C15H15ClN2O3S. The molecule has 5 nitrogen and oxygen atoms in total. The monoisotopic (exact) mass is 338 g/mol. The van der Waals surface area contributed by atoms with Crippen LogP contribution in [-0.2, 0) is 14.8 Å². The molecule has 0 radical (unpaired) electrons. The number of benzene rings is 2. The lowest BCUT2D eigenvalue weighted by Crippen LogP contribution is -2.37. The Kier molecular flexibility index (Phi) is 5.05. The van der Waals surface area contributed by atoms with Gasteiger partial charge in [-0.3, -0.25) is 9.10 Å². The number of nitrogens with zero attached hydrogens (tertiary/aromatic N) is 1. The summed E-state index contributed by atoms with van der Waals surface area (Å²) in [5.41, 5.74) is 0.870. The standard InChI is InChI=1S/C15H15ClN2O3S/c1-22(20,21)18(14-10-6-5-9-13(14)16)11-15(19)17-12-7-3-2-4-8-12/h2-10H,11H2,1H3,(H,17,19). The molecule has 0 aliphatic heterocycles. The maximum absolute atomic E-state index is 12.1. The summed E-state index contributed by atoms with van der Waals surface area (Å²) in [5.74, 6) is -0.448. The largest absolute Gasteiger partial charge is 0.325 e. The molecule has 0 unspecified atom stereocenters. The van der Waals surface area contributed by atoms with Gasteiger partial charge in [0.1, 0.15) is 6.54 Å². The maximum Gasteiger partial charge on any atom is 0.245 e. The zero-order valence-corrected chi connectivity index (χ0v) is 13.4. The minimum atomic E-state index is -3.64. The van der Waals surface area contributed by atoms with E-state index >= 15 is 0 Å². The van der Waals surface area contributed by atoms with E-state index in [2.05, 4.69) is 5.32 Å². The average Bonchev–Trinajstić information content (AvgIpc) is 2.46. The highest BCUT2D eigenvalue weighted by atomic mass is 35.5. The van der Waals surface area contributed by atoms with Gasteiger partial charge in [-0.05, 0) is 24.3 Å². The molecule has 0 atom stereocenters. The Balaban J connectivity index is 2.22. The van der Waals surface area contributed by atoms with Crippen LogP contribution in [0.2, 0.25) is 5.02 Å². The second-order valence-electron chi connectivity index (χ2n) is 4.64. The number of amides is 1. The lowest BCUT2D eigenvalue weighted by atomic mass is 10.3. The third kappa shape index (κ3) is 4.22. The van der Waals surface area contributed by atoms with E-state index in [1.54, 1.807) is 48.5 Å². The zero-order valence-electron chi connectivity index (χ0n) is 11.9. The number of nitrogens with one attached hydrogen (secondary N) is 1. The first-order valence-electron chi connectivity index (χ1n) is 6.45. The molecule has 116 valence electrons. The van der Waals surface area contributed by atoms with Crippen LogP contribution in [0.1, 0.15) is 0 Å². The van der Waals surface area contributed by atoms with Crippen molar-refractivity contribution in [1.29, 1.82) is 0 Å². The summed E-state index contributed by atoms with van der Waals surface area (Å²) >= 11 is 6.03. The lowest BCUT2D eigenvalue weighted by molar-refractivity contribution is -0.114. The minimum absolute atomic E-state index is 0.264. The molecular weight excluding hydrogens is 324 g/mol. The number of hydrogen-bond acceptors (Lipinski definition) is 3. The van der Waals surface area contributed by atoms with Crippen molar-refractivity contribution in [3.05, 3.63) is 59.6 Å². The normalized spacial score (nSPS) is 11.0. The Morgan fingerprint density at radius 2 is 1.68 bits per heavy atom. The average molecular weight is 339 g/mol. The van der Waals surface area contributed by atoms with E-state index in [-0.39, 0.29) is 17.3 Å². The van der Waals surface area contributed by atoms with Gasteiger partial charge in [-0.2, -0.15) is 0 Å². The highest BCUT2D eigenvalue weighted by Crippen LogP contribution is 2.27. The second kappa shape index (κ2) is 6.81. The predicted octanol–water partition coefficient (Wildman–Crippen LogP) is 2.74. The molecule has 0 bridgehead atoms. The lowest BCUT2D eigenvalue weighted by Gasteiger charge is -2.22. The summed E-state index contributed by atoms with van der Waals surface area (Å²) in [6.07, 6.45) is 1.03. The number of para-hydroxylation sites is 2. The summed E-state index contributed by atoms with van der Waals surface area (Å²) < 4.78 is 24.9. The van der Waals surface area contributed by atoms with Gasteiger partial charge >= 0.3 is 0 Å². The third-order valence-corrected chi connectivity index (χ3v) is 4.31. The fourth-order valence-corrected chi connectivity index (χ4v) is 3.04. The van der Waals surface area contributed by atoms with Gasteiger partial charge in [0.05, 0.1) is 17.0 Å². The Labute approximate surface area is 134 Å². The van der Waals surface area contributed by atoms with Gasteiger partial charge < -0.3 is 5.32 Å². The van der Waals surface area contributed by atoms with E-state index in [0.29, 0.717) is 5.69 Å². The quantitative estimate of drug-likeness (QED) is 0.911. The van der Waals surface area contributed by atoms with E-state index < -0.39 is 15.9 Å². The predicted molar refractivity (Wildman–Crippen MR) is 88.7 cm³/mol. The number of hydrogen-bond donors (Lipinski definition) is 1. The molecule has 1 amide bonds. The zero-order chi connectivity index (χ0) is 16.2. The molecule has 0 spiro atoms. The maximum atomic E-state index is 12.1. The summed E-state index contributed by atoms with van der Waals surface area (Å²) in [7, 11) is -3.64. The molecule has 0 saturated heterocycles. The Bertz CT molecular complexity index is 763. The van der Waals surface area contributed by atoms with E-state index in [4.69, 9.17) is 11.6 Å². The number of rotatable bonds is 5. The first-order valence-corrected chi connectivity index (χ1v) is 8.67. The van der Waals surface area contributed by atoms with Crippen molar-refractivity contribution < 1.29 is 13.2 Å². The van der Waals surface area contributed by atoms with Gasteiger partial charge in [0.25, 0.3) is 0 Å². The summed E-state index contributed by atoms with van der Waals surface area (Å²) in [6.45, 7) is -0.350. The molecule has 0 aliphatic rings.